The van der Waals surface area contributed by atoms with Crippen LogP contribution in [0.4, 0.5) is 0 Å². The van der Waals surface area contributed by atoms with Crippen LogP contribution in [0.1, 0.15) is 25.8 Å². The van der Waals surface area contributed by atoms with Gasteiger partial charge in [0.1, 0.15) is 5.75 Å². The Balaban J connectivity index is 2.47. The Bertz CT molecular complexity index is 406. The number of hydrogen-bond acceptors (Lipinski definition) is 2. The van der Waals surface area contributed by atoms with E-state index in [4.69, 9.17) is 16.2 Å². The number of guanidine groups is 1. The van der Waals surface area contributed by atoms with Crippen LogP contribution in [0.3, 0.4) is 0 Å². The van der Waals surface area contributed by atoms with Gasteiger partial charge in [-0.1, -0.05) is 13.8 Å². The highest BCUT2D eigenvalue weighted by Gasteiger charge is 1.97. The number of rotatable bonds is 6. The summed E-state index contributed by atoms with van der Waals surface area (Å²) in [7, 11) is 0. The molecule has 0 bridgehead atoms. The smallest absolute Gasteiger partial charge is 0.256 e. The molecule has 0 aliphatic rings. The summed E-state index contributed by atoms with van der Waals surface area (Å²) in [5.74, 6) is 1.52. The normalized spacial score (nSPS) is 10.8. The molecule has 0 heterocycles. The van der Waals surface area contributed by atoms with E-state index in [2.05, 4.69) is 24.1 Å². The van der Waals surface area contributed by atoms with Crippen molar-refractivity contribution in [1.82, 2.24) is 0 Å². The van der Waals surface area contributed by atoms with Gasteiger partial charge in [-0.2, -0.15) is 0 Å². The summed E-state index contributed by atoms with van der Waals surface area (Å²) in [6.45, 7) is 5.10. The topological polar surface area (TPSA) is 87.6 Å². The van der Waals surface area contributed by atoms with E-state index >= 15 is 0 Å². The first kappa shape index (κ1) is 14.0. The van der Waals surface area contributed by atoms with E-state index in [0.717, 1.165) is 24.3 Å². The first-order valence-electron chi connectivity index (χ1n) is 5.98. The van der Waals surface area contributed by atoms with Gasteiger partial charge in [-0.15, -0.1) is 5.10 Å². The van der Waals surface area contributed by atoms with Crippen molar-refractivity contribution in [3.8, 4) is 5.75 Å². The highest BCUT2D eigenvalue weighted by molar-refractivity contribution is 5.77. The summed E-state index contributed by atoms with van der Waals surface area (Å²) in [6.07, 6.45) is 2.76. The van der Waals surface area contributed by atoms with E-state index in [0.29, 0.717) is 5.92 Å². The molecule has 1 aromatic rings. The van der Waals surface area contributed by atoms with Crippen molar-refractivity contribution in [2.45, 2.75) is 20.3 Å². The predicted molar refractivity (Wildman–Crippen MR) is 73.3 cm³/mol. The van der Waals surface area contributed by atoms with Gasteiger partial charge in [0.2, 0.25) is 6.21 Å². The van der Waals surface area contributed by atoms with Gasteiger partial charge in [-0.25, -0.2) is 0 Å². The molecule has 0 radical (unpaired) electrons. The third kappa shape index (κ3) is 5.89. The van der Waals surface area contributed by atoms with Crippen molar-refractivity contribution < 1.29 is 9.84 Å². The number of hydrogen-bond donors (Lipinski definition) is 3. The summed E-state index contributed by atoms with van der Waals surface area (Å²) in [6, 6.07) is 7.70. The van der Waals surface area contributed by atoms with E-state index in [1.54, 1.807) is 6.21 Å². The Kier molecular flexibility index (Phi) is 5.70. The summed E-state index contributed by atoms with van der Waals surface area (Å²) in [5.41, 5.74) is 11.3. The molecule has 98 valence electrons. The van der Waals surface area contributed by atoms with Crippen LogP contribution >= 0.6 is 0 Å². The fourth-order valence-electron chi connectivity index (χ4n) is 1.25. The molecule has 1 aromatic carbocycles. The number of benzene rings is 1. The molecule has 5 nitrogen and oxygen atoms in total. The van der Waals surface area contributed by atoms with E-state index in [9.17, 15) is 0 Å². The van der Waals surface area contributed by atoms with Crippen molar-refractivity contribution in [2.75, 3.05) is 6.61 Å². The molecule has 5 heteroatoms. The molecule has 0 aliphatic heterocycles. The fourth-order valence-corrected chi connectivity index (χ4v) is 1.25. The van der Waals surface area contributed by atoms with Crippen molar-refractivity contribution >= 4 is 12.2 Å². The molecule has 0 atom stereocenters. The zero-order valence-corrected chi connectivity index (χ0v) is 10.9. The molecule has 1 rings (SSSR count). The van der Waals surface area contributed by atoms with Crippen LogP contribution < -0.4 is 21.3 Å². The lowest BCUT2D eigenvalue weighted by Gasteiger charge is -2.07. The fraction of sp³-hybridized carbons (Fsp3) is 0.385. The van der Waals surface area contributed by atoms with Crippen LogP contribution in [-0.2, 0) is 0 Å². The number of nitrogens with one attached hydrogen (secondary N) is 1. The van der Waals surface area contributed by atoms with Crippen molar-refractivity contribution in [3.05, 3.63) is 29.8 Å². The monoisotopic (exact) mass is 249 g/mol. The number of nitrogens with zero attached hydrogens (tertiary/aromatic N) is 1. The van der Waals surface area contributed by atoms with Gasteiger partial charge < -0.3 is 16.2 Å². The average molecular weight is 249 g/mol. The number of ether oxygens (including phenoxy) is 1. The van der Waals surface area contributed by atoms with Gasteiger partial charge in [-0.3, -0.25) is 0 Å². The predicted octanol–water partition coefficient (Wildman–Crippen LogP) is -0.201. The average Bonchev–Trinajstić information content (AvgIpc) is 2.30. The quantitative estimate of drug-likeness (QED) is 0.370. The summed E-state index contributed by atoms with van der Waals surface area (Å²) in [4.78, 5) is 0. The molecule has 0 aromatic heterocycles. The lowest BCUT2D eigenvalue weighted by Crippen LogP contribution is -2.63. The molecule has 0 fully saturated rings. The first-order chi connectivity index (χ1) is 8.58. The third-order valence-electron chi connectivity index (χ3n) is 2.27. The lowest BCUT2D eigenvalue weighted by molar-refractivity contribution is -0.456. The molecule has 18 heavy (non-hydrogen) atoms. The Hall–Kier alpha value is -2.04. The first-order valence-corrected chi connectivity index (χ1v) is 5.98. The second-order valence-corrected chi connectivity index (χ2v) is 4.41. The van der Waals surface area contributed by atoms with E-state index in [1.807, 2.05) is 24.3 Å². The van der Waals surface area contributed by atoms with Crippen LogP contribution in [0.2, 0.25) is 0 Å². The number of nitrogens with two attached hydrogens (primary N) is 2. The van der Waals surface area contributed by atoms with Crippen molar-refractivity contribution in [3.63, 3.8) is 0 Å². The van der Waals surface area contributed by atoms with Crippen molar-refractivity contribution in [2.24, 2.45) is 22.5 Å². The van der Waals surface area contributed by atoms with Crippen LogP contribution in [0, 0.1) is 5.92 Å². The molecule has 0 spiro atoms. The highest BCUT2D eigenvalue weighted by atomic mass is 16.5. The Morgan fingerprint density at radius 2 is 2.00 bits per heavy atom. The summed E-state index contributed by atoms with van der Waals surface area (Å²) in [5, 5.41) is 6.30. The standard InChI is InChI=1S/C13H20N4O/c1-10(2)7-8-18-12-5-3-11(4-6-12)9-16-17-13(14)15/h3-6,9-10H,7-8H2,1-2H3,(H4,14,15,17)/p+1/b16-9-. The van der Waals surface area contributed by atoms with Gasteiger partial charge >= 0.3 is 0 Å². The molecular weight excluding hydrogens is 228 g/mol. The zero-order chi connectivity index (χ0) is 13.4. The van der Waals surface area contributed by atoms with Crippen molar-refractivity contribution in [1.29, 1.82) is 0 Å². The highest BCUT2D eigenvalue weighted by Crippen LogP contribution is 2.12. The minimum Gasteiger partial charge on any atom is -0.494 e. The van der Waals surface area contributed by atoms with Gasteiger partial charge in [0, 0.05) is 10.7 Å². The minimum atomic E-state index is -0.000103. The van der Waals surface area contributed by atoms with E-state index in [-0.39, 0.29) is 5.96 Å². The Labute approximate surface area is 108 Å². The third-order valence-corrected chi connectivity index (χ3v) is 2.27. The molecule has 0 saturated heterocycles. The van der Waals surface area contributed by atoms with Crippen LogP contribution in [0.15, 0.2) is 29.4 Å². The van der Waals surface area contributed by atoms with Crippen LogP contribution in [-0.4, -0.2) is 18.8 Å². The molecular formula is C13H21N4O+. The zero-order valence-electron chi connectivity index (χ0n) is 10.9. The Morgan fingerprint density at radius 3 is 2.56 bits per heavy atom. The second kappa shape index (κ2) is 7.32. The summed E-state index contributed by atoms with van der Waals surface area (Å²) < 4.78 is 5.61. The van der Waals surface area contributed by atoms with Gasteiger partial charge in [-0.05, 0) is 36.6 Å². The van der Waals surface area contributed by atoms with Gasteiger partial charge in [0.05, 0.1) is 6.61 Å². The molecule has 0 unspecified atom stereocenters. The maximum Gasteiger partial charge on any atom is 0.256 e. The molecule has 0 amide bonds. The second-order valence-electron chi connectivity index (χ2n) is 4.41. The van der Waals surface area contributed by atoms with E-state index in [1.165, 1.54) is 0 Å². The minimum absolute atomic E-state index is 0.000103. The van der Waals surface area contributed by atoms with Crippen LogP contribution in [0.5, 0.6) is 5.75 Å². The summed E-state index contributed by atoms with van der Waals surface area (Å²) >= 11 is 0. The van der Waals surface area contributed by atoms with E-state index < -0.39 is 0 Å². The van der Waals surface area contributed by atoms with Gasteiger partial charge in [0.15, 0.2) is 0 Å². The molecule has 0 aliphatic carbocycles. The SMILES string of the molecule is CC(C)CCOc1ccc(/C=[NH+]\N=C(N)N)cc1. The molecule has 0 saturated carbocycles. The Morgan fingerprint density at radius 1 is 1.33 bits per heavy atom. The number of hydrazone groups is 1. The van der Waals surface area contributed by atoms with Crippen LogP contribution in [0.25, 0.3) is 0 Å². The molecule has 5 N–H and O–H groups in total. The lowest BCUT2D eigenvalue weighted by atomic mass is 10.1. The maximum atomic E-state index is 5.61. The largest absolute Gasteiger partial charge is 0.494 e. The maximum absolute atomic E-state index is 5.61. The van der Waals surface area contributed by atoms with Gasteiger partial charge in [0.25, 0.3) is 5.96 Å².